The molecule has 1 heterocycles. The van der Waals surface area contributed by atoms with Gasteiger partial charge in [0.1, 0.15) is 5.82 Å². The lowest BCUT2D eigenvalue weighted by Crippen LogP contribution is -2.11. The molecule has 0 unspecified atom stereocenters. The lowest BCUT2D eigenvalue weighted by atomic mass is 10.1. The van der Waals surface area contributed by atoms with Crippen LogP contribution in [0.5, 0.6) is 0 Å². The second-order valence-corrected chi connectivity index (χ2v) is 6.30. The topological polar surface area (TPSA) is 48.0 Å². The van der Waals surface area contributed by atoms with Crippen molar-refractivity contribution < 1.29 is 9.18 Å². The molecule has 3 nitrogen and oxygen atoms in total. The number of halogens is 1. The van der Waals surface area contributed by atoms with Crippen molar-refractivity contribution in [1.29, 1.82) is 0 Å². The van der Waals surface area contributed by atoms with Gasteiger partial charge in [-0.3, -0.25) is 4.79 Å². The van der Waals surface area contributed by atoms with Gasteiger partial charge in [0.2, 0.25) is 5.91 Å². The Balaban J connectivity index is 2.06. The molecule has 0 fully saturated rings. The van der Waals surface area contributed by atoms with Crippen LogP contribution in [0.2, 0.25) is 0 Å². The Morgan fingerprint density at radius 3 is 2.60 bits per heavy atom. The van der Waals surface area contributed by atoms with Crippen LogP contribution >= 0.6 is 0 Å². The third kappa shape index (κ3) is 2.56. The highest BCUT2D eigenvalue weighted by Crippen LogP contribution is 2.32. The largest absolute Gasteiger partial charge is 0.366 e. The summed E-state index contributed by atoms with van der Waals surface area (Å²) in [6, 6.07) is 18.3. The lowest BCUT2D eigenvalue weighted by Gasteiger charge is -2.09. The molecule has 0 aliphatic heterocycles. The summed E-state index contributed by atoms with van der Waals surface area (Å²) in [5.74, 6) is -0.786. The van der Waals surface area contributed by atoms with E-state index < -0.39 is 5.91 Å². The van der Waals surface area contributed by atoms with Crippen molar-refractivity contribution in [3.63, 3.8) is 0 Å². The minimum Gasteiger partial charge on any atom is -0.366 e. The Labute approximate surface area is 144 Å². The van der Waals surface area contributed by atoms with Crippen LogP contribution in [-0.2, 0) is 6.54 Å². The molecule has 1 amide bonds. The zero-order chi connectivity index (χ0) is 17.6. The Hall–Kier alpha value is -3.14. The predicted octanol–water partition coefficient (Wildman–Crippen LogP) is 4.39. The molecule has 0 saturated carbocycles. The first-order chi connectivity index (χ1) is 12.0. The molecule has 0 atom stereocenters. The Morgan fingerprint density at radius 1 is 1.04 bits per heavy atom. The smallest absolute Gasteiger partial charge is 0.249 e. The van der Waals surface area contributed by atoms with Crippen LogP contribution in [0.3, 0.4) is 0 Å². The van der Waals surface area contributed by atoms with Gasteiger partial charge >= 0.3 is 0 Å². The van der Waals surface area contributed by atoms with Gasteiger partial charge in [0.25, 0.3) is 0 Å². The van der Waals surface area contributed by atoms with E-state index in [-0.39, 0.29) is 5.82 Å². The summed E-state index contributed by atoms with van der Waals surface area (Å²) in [4.78, 5) is 11.9. The zero-order valence-electron chi connectivity index (χ0n) is 13.8. The van der Waals surface area contributed by atoms with Crippen molar-refractivity contribution >= 4 is 27.7 Å². The highest BCUT2D eigenvalue weighted by atomic mass is 19.1. The van der Waals surface area contributed by atoms with Gasteiger partial charge in [0, 0.05) is 22.9 Å². The number of aryl methyl sites for hydroxylation is 1. The molecule has 4 heteroatoms. The highest BCUT2D eigenvalue weighted by Gasteiger charge is 2.17. The molecular formula is C21H17FN2O. The summed E-state index contributed by atoms with van der Waals surface area (Å²) in [5.41, 5.74) is 9.93. The van der Waals surface area contributed by atoms with Crippen LogP contribution in [0, 0.1) is 12.7 Å². The fourth-order valence-electron chi connectivity index (χ4n) is 3.49. The standard InChI is InChI=1S/C21H17FN2O/c1-13-4-2-5-14(10-13)12-24-18-7-3-6-17(21(23)25)20(18)16-9-8-15(22)11-19(16)24/h2-11H,12H2,1H3,(H2,23,25). The second kappa shape index (κ2) is 5.74. The summed E-state index contributed by atoms with van der Waals surface area (Å²) in [6.07, 6.45) is 0. The molecule has 0 bridgehead atoms. The van der Waals surface area contributed by atoms with Gasteiger partial charge in [-0.1, -0.05) is 35.9 Å². The van der Waals surface area contributed by atoms with E-state index in [1.807, 2.05) is 41.8 Å². The lowest BCUT2D eigenvalue weighted by molar-refractivity contribution is 0.100. The summed E-state index contributed by atoms with van der Waals surface area (Å²) >= 11 is 0. The van der Waals surface area contributed by atoms with Crippen LogP contribution in [0.25, 0.3) is 21.8 Å². The molecule has 0 saturated heterocycles. The molecule has 0 radical (unpaired) electrons. The minimum absolute atomic E-state index is 0.304. The number of benzene rings is 3. The predicted molar refractivity (Wildman–Crippen MR) is 98.2 cm³/mol. The molecule has 124 valence electrons. The number of amides is 1. The van der Waals surface area contributed by atoms with Crippen molar-refractivity contribution in [1.82, 2.24) is 4.57 Å². The number of hydrogen-bond acceptors (Lipinski definition) is 1. The molecule has 3 aromatic carbocycles. The van der Waals surface area contributed by atoms with Gasteiger partial charge in [-0.25, -0.2) is 4.39 Å². The Kier molecular flexibility index (Phi) is 3.53. The number of carbonyl (C=O) groups is 1. The number of aromatic nitrogens is 1. The van der Waals surface area contributed by atoms with Crippen LogP contribution in [-0.4, -0.2) is 10.5 Å². The Bertz CT molecular complexity index is 1130. The van der Waals surface area contributed by atoms with Crippen LogP contribution in [0.4, 0.5) is 4.39 Å². The quantitative estimate of drug-likeness (QED) is 0.594. The van der Waals surface area contributed by atoms with E-state index in [0.29, 0.717) is 12.1 Å². The van der Waals surface area contributed by atoms with Crippen molar-refractivity contribution in [3.8, 4) is 0 Å². The van der Waals surface area contributed by atoms with Gasteiger partial charge in [-0.15, -0.1) is 0 Å². The van der Waals surface area contributed by atoms with E-state index in [2.05, 4.69) is 6.07 Å². The fourth-order valence-corrected chi connectivity index (χ4v) is 3.49. The average Bonchev–Trinajstić information content (AvgIpc) is 2.88. The molecule has 0 aliphatic rings. The molecule has 25 heavy (non-hydrogen) atoms. The Morgan fingerprint density at radius 2 is 1.84 bits per heavy atom. The number of nitrogens with two attached hydrogens (primary N) is 1. The first kappa shape index (κ1) is 15.4. The number of carbonyl (C=O) groups excluding carboxylic acids is 1. The van der Waals surface area contributed by atoms with E-state index >= 15 is 0 Å². The maximum atomic E-state index is 13.9. The maximum absolute atomic E-state index is 13.9. The zero-order valence-corrected chi connectivity index (χ0v) is 13.8. The third-order valence-corrected chi connectivity index (χ3v) is 4.54. The number of nitrogens with zero attached hydrogens (tertiary/aromatic N) is 1. The normalized spacial score (nSPS) is 11.3. The first-order valence-corrected chi connectivity index (χ1v) is 8.10. The van der Waals surface area contributed by atoms with E-state index in [0.717, 1.165) is 27.4 Å². The fraction of sp³-hybridized carbons (Fsp3) is 0.0952. The van der Waals surface area contributed by atoms with Crippen LogP contribution < -0.4 is 5.73 Å². The molecule has 4 aromatic rings. The SMILES string of the molecule is Cc1cccc(Cn2c3cc(F)ccc3c3c(C(N)=O)cccc32)c1. The number of primary amides is 1. The van der Waals surface area contributed by atoms with E-state index in [9.17, 15) is 9.18 Å². The van der Waals surface area contributed by atoms with E-state index in [1.54, 1.807) is 12.1 Å². The maximum Gasteiger partial charge on any atom is 0.249 e. The van der Waals surface area contributed by atoms with E-state index in [4.69, 9.17) is 5.73 Å². The monoisotopic (exact) mass is 332 g/mol. The van der Waals surface area contributed by atoms with Crippen LogP contribution in [0.15, 0.2) is 60.7 Å². The highest BCUT2D eigenvalue weighted by molar-refractivity contribution is 6.17. The van der Waals surface area contributed by atoms with Gasteiger partial charge < -0.3 is 10.3 Å². The molecule has 0 aliphatic carbocycles. The first-order valence-electron chi connectivity index (χ1n) is 8.10. The van der Waals surface area contributed by atoms with Crippen molar-refractivity contribution in [2.24, 2.45) is 5.73 Å². The summed E-state index contributed by atoms with van der Waals surface area (Å²) in [5, 5.41) is 1.61. The summed E-state index contributed by atoms with van der Waals surface area (Å²) in [7, 11) is 0. The van der Waals surface area contributed by atoms with Gasteiger partial charge in [0.05, 0.1) is 11.0 Å². The van der Waals surface area contributed by atoms with Crippen LogP contribution in [0.1, 0.15) is 21.5 Å². The van der Waals surface area contributed by atoms with Gasteiger partial charge in [-0.2, -0.15) is 0 Å². The number of rotatable bonds is 3. The number of fused-ring (bicyclic) bond motifs is 3. The molecular weight excluding hydrogens is 315 g/mol. The van der Waals surface area contributed by atoms with Crippen molar-refractivity contribution in [2.45, 2.75) is 13.5 Å². The molecule has 2 N–H and O–H groups in total. The van der Waals surface area contributed by atoms with Gasteiger partial charge in [0.15, 0.2) is 0 Å². The molecule has 0 spiro atoms. The summed E-state index contributed by atoms with van der Waals surface area (Å²) < 4.78 is 15.9. The summed E-state index contributed by atoms with van der Waals surface area (Å²) in [6.45, 7) is 2.63. The van der Waals surface area contributed by atoms with Crippen molar-refractivity contribution in [3.05, 3.63) is 83.2 Å². The average molecular weight is 332 g/mol. The van der Waals surface area contributed by atoms with Crippen molar-refractivity contribution in [2.75, 3.05) is 0 Å². The number of hydrogen-bond donors (Lipinski definition) is 1. The van der Waals surface area contributed by atoms with E-state index in [1.165, 1.54) is 17.7 Å². The molecule has 1 aromatic heterocycles. The third-order valence-electron chi connectivity index (χ3n) is 4.54. The second-order valence-electron chi connectivity index (χ2n) is 6.30. The minimum atomic E-state index is -0.482. The molecule has 4 rings (SSSR count). The van der Waals surface area contributed by atoms with Gasteiger partial charge in [-0.05, 0) is 42.8 Å².